The van der Waals surface area contributed by atoms with E-state index in [1.54, 1.807) is 11.0 Å². The number of hydrogen-bond acceptors (Lipinski definition) is 2. The van der Waals surface area contributed by atoms with E-state index in [2.05, 4.69) is 6.07 Å². The Hall–Kier alpha value is -1.61. The summed E-state index contributed by atoms with van der Waals surface area (Å²) in [5.74, 6) is 0.00224. The Morgan fingerprint density at radius 1 is 1.09 bits per heavy atom. The Kier molecular flexibility index (Phi) is 7.10. The maximum Gasteiger partial charge on any atom is 0.416 e. The molecule has 3 nitrogen and oxygen atoms in total. The van der Waals surface area contributed by atoms with Crippen molar-refractivity contribution in [1.29, 1.82) is 0 Å². The Morgan fingerprint density at radius 3 is 2.45 bits per heavy atom. The van der Waals surface area contributed by atoms with E-state index in [1.807, 2.05) is 34.7 Å². The molecule has 1 amide bonds. The van der Waals surface area contributed by atoms with E-state index in [4.69, 9.17) is 11.6 Å². The zero-order valence-corrected chi connectivity index (χ0v) is 20.8. The molecule has 1 atom stereocenters. The lowest BCUT2D eigenvalue weighted by Gasteiger charge is -2.41. The number of carbonyl (C=O) groups is 2. The minimum atomic E-state index is -4.43. The van der Waals surface area contributed by atoms with Gasteiger partial charge in [0.2, 0.25) is 5.91 Å². The van der Waals surface area contributed by atoms with Gasteiger partial charge in [-0.3, -0.25) is 9.59 Å². The second-order valence-corrected chi connectivity index (χ2v) is 10.6. The summed E-state index contributed by atoms with van der Waals surface area (Å²) in [7, 11) is 0. The van der Waals surface area contributed by atoms with E-state index in [9.17, 15) is 22.8 Å². The van der Waals surface area contributed by atoms with Gasteiger partial charge in [-0.25, -0.2) is 0 Å². The molecule has 1 fully saturated rings. The minimum absolute atomic E-state index is 0.0450. The Balaban J connectivity index is 1.43. The lowest BCUT2D eigenvalue weighted by atomic mass is 9.73. The second kappa shape index (κ2) is 9.56. The van der Waals surface area contributed by atoms with Crippen LogP contribution in [0.15, 0.2) is 42.5 Å². The van der Waals surface area contributed by atoms with Gasteiger partial charge in [0, 0.05) is 36.4 Å². The number of fused-ring (bicyclic) bond motifs is 2. The summed E-state index contributed by atoms with van der Waals surface area (Å²) in [6.07, 6.45) is -1.55. The second-order valence-electron chi connectivity index (χ2n) is 8.98. The summed E-state index contributed by atoms with van der Waals surface area (Å²) < 4.78 is 39.8. The third-order valence-electron chi connectivity index (χ3n) is 7.06. The standard InChI is InChI=1S/C25H24ClF3INO2/c26-20-7-3-5-18-17(14-21(30)32)15-24(23(18)20)10-12-31(13-11-24)22(33)9-8-16-4-1-2-6-19(16)25(27,28)29/h1-7,17H,8-15H2. The number of alkyl halides is 3. The fourth-order valence-electron chi connectivity index (χ4n) is 5.55. The zero-order valence-electron chi connectivity index (χ0n) is 17.9. The molecule has 0 N–H and O–H groups in total. The molecule has 1 aliphatic carbocycles. The first-order valence-electron chi connectivity index (χ1n) is 11.0. The predicted molar refractivity (Wildman–Crippen MR) is 130 cm³/mol. The van der Waals surface area contributed by atoms with E-state index in [0.29, 0.717) is 24.5 Å². The number of piperidine rings is 1. The summed E-state index contributed by atoms with van der Waals surface area (Å²) in [6, 6.07) is 11.3. The van der Waals surface area contributed by atoms with Gasteiger partial charge in [-0.15, -0.1) is 0 Å². The summed E-state index contributed by atoms with van der Waals surface area (Å²) in [6.45, 7) is 1.07. The fourth-order valence-corrected chi connectivity index (χ4v) is 6.47. The highest BCUT2D eigenvalue weighted by atomic mass is 127. The smallest absolute Gasteiger partial charge is 0.343 e. The number of amides is 1. The van der Waals surface area contributed by atoms with Crippen molar-refractivity contribution in [2.75, 3.05) is 13.1 Å². The highest BCUT2D eigenvalue weighted by Crippen LogP contribution is 2.55. The molecule has 0 saturated carbocycles. The van der Waals surface area contributed by atoms with Gasteiger partial charge in [0.1, 0.15) is 0 Å². The Bertz CT molecular complexity index is 1060. The van der Waals surface area contributed by atoms with Crippen LogP contribution in [-0.2, 0) is 27.6 Å². The van der Waals surface area contributed by atoms with E-state index in [-0.39, 0.29) is 39.4 Å². The minimum Gasteiger partial charge on any atom is -0.343 e. The Labute approximate surface area is 209 Å². The van der Waals surface area contributed by atoms with Crippen LogP contribution in [0.3, 0.4) is 0 Å². The summed E-state index contributed by atoms with van der Waals surface area (Å²) in [5.41, 5.74) is 1.55. The molecule has 8 heteroatoms. The molecule has 2 aromatic carbocycles. The first-order valence-corrected chi connectivity index (χ1v) is 12.5. The molecule has 1 unspecified atom stereocenters. The number of likely N-dealkylation sites (tertiary alicyclic amines) is 1. The van der Waals surface area contributed by atoms with Crippen LogP contribution in [0.4, 0.5) is 13.2 Å². The molecule has 0 bridgehead atoms. The van der Waals surface area contributed by atoms with Crippen LogP contribution < -0.4 is 0 Å². The number of aryl methyl sites for hydroxylation is 1. The van der Waals surface area contributed by atoms with Gasteiger partial charge in [-0.2, -0.15) is 13.2 Å². The number of hydrogen-bond donors (Lipinski definition) is 0. The topological polar surface area (TPSA) is 37.4 Å². The largest absolute Gasteiger partial charge is 0.416 e. The van der Waals surface area contributed by atoms with Crippen LogP contribution in [0.5, 0.6) is 0 Å². The van der Waals surface area contributed by atoms with Gasteiger partial charge >= 0.3 is 6.18 Å². The first-order chi connectivity index (χ1) is 15.6. The van der Waals surface area contributed by atoms with Gasteiger partial charge in [0.25, 0.3) is 0 Å². The van der Waals surface area contributed by atoms with E-state index < -0.39 is 11.7 Å². The molecule has 1 aliphatic heterocycles. The monoisotopic (exact) mass is 589 g/mol. The van der Waals surface area contributed by atoms with Crippen LogP contribution in [0.1, 0.15) is 60.3 Å². The van der Waals surface area contributed by atoms with E-state index >= 15 is 0 Å². The van der Waals surface area contributed by atoms with Crippen LogP contribution in [0.2, 0.25) is 5.02 Å². The fraction of sp³-hybridized carbons (Fsp3) is 0.440. The average molecular weight is 590 g/mol. The molecule has 2 aliphatic rings. The molecule has 33 heavy (non-hydrogen) atoms. The van der Waals surface area contributed by atoms with Crippen molar-refractivity contribution in [2.24, 2.45) is 0 Å². The predicted octanol–water partition coefficient (Wildman–Crippen LogP) is 6.69. The Morgan fingerprint density at radius 2 is 1.79 bits per heavy atom. The molecule has 176 valence electrons. The van der Waals surface area contributed by atoms with Gasteiger partial charge < -0.3 is 4.90 Å². The van der Waals surface area contributed by atoms with Crippen molar-refractivity contribution in [1.82, 2.24) is 4.90 Å². The van der Waals surface area contributed by atoms with Gasteiger partial charge in [0.15, 0.2) is 3.79 Å². The lowest BCUT2D eigenvalue weighted by molar-refractivity contribution is -0.139. The van der Waals surface area contributed by atoms with E-state index in [0.717, 1.165) is 36.5 Å². The maximum atomic E-state index is 13.2. The molecule has 1 spiro atoms. The third-order valence-corrected chi connectivity index (χ3v) is 7.82. The summed E-state index contributed by atoms with van der Waals surface area (Å²) in [4.78, 5) is 26.4. The van der Waals surface area contributed by atoms with Crippen LogP contribution in [0.25, 0.3) is 0 Å². The summed E-state index contributed by atoms with van der Waals surface area (Å²) >= 11 is 8.44. The van der Waals surface area contributed by atoms with Crippen LogP contribution in [0, 0.1) is 0 Å². The zero-order chi connectivity index (χ0) is 23.8. The summed E-state index contributed by atoms with van der Waals surface area (Å²) in [5, 5.41) is 0.708. The lowest BCUT2D eigenvalue weighted by Crippen LogP contribution is -2.44. The molecular formula is C25H24ClF3INO2. The van der Waals surface area contributed by atoms with Gasteiger partial charge in [0.05, 0.1) is 5.56 Å². The number of nitrogens with zero attached hydrogens (tertiary/aromatic N) is 1. The van der Waals surface area contributed by atoms with Crippen molar-refractivity contribution in [2.45, 2.75) is 56.0 Å². The SMILES string of the molecule is O=C(I)CC1CC2(CCN(C(=O)CCc3ccccc3C(F)(F)F)CC2)c2c(Cl)cccc21. The highest BCUT2D eigenvalue weighted by molar-refractivity contribution is 14.1. The van der Waals surface area contributed by atoms with E-state index in [1.165, 1.54) is 12.1 Å². The normalized spacial score (nSPS) is 19.5. The van der Waals surface area contributed by atoms with Gasteiger partial charge in [-0.1, -0.05) is 41.9 Å². The molecule has 4 rings (SSSR count). The third kappa shape index (κ3) is 5.09. The van der Waals surface area contributed by atoms with Crippen molar-refractivity contribution in [3.8, 4) is 0 Å². The van der Waals surface area contributed by atoms with Crippen LogP contribution in [-0.4, -0.2) is 27.7 Å². The number of carbonyl (C=O) groups excluding carboxylic acids is 2. The highest BCUT2D eigenvalue weighted by Gasteiger charge is 2.47. The molecule has 1 heterocycles. The molecule has 0 aromatic heterocycles. The quantitative estimate of drug-likeness (QED) is 0.288. The van der Waals surface area contributed by atoms with Crippen LogP contribution >= 0.6 is 34.2 Å². The van der Waals surface area contributed by atoms with Crippen molar-refractivity contribution < 1.29 is 22.8 Å². The maximum absolute atomic E-state index is 13.2. The number of halogens is 5. The number of rotatable bonds is 5. The molecular weight excluding hydrogens is 566 g/mol. The van der Waals surface area contributed by atoms with Gasteiger partial charge in [-0.05, 0) is 83.0 Å². The first kappa shape index (κ1) is 24.5. The van der Waals surface area contributed by atoms with Crippen molar-refractivity contribution >= 4 is 43.9 Å². The number of benzene rings is 2. The molecule has 2 aromatic rings. The molecule has 0 radical (unpaired) electrons. The molecule has 1 saturated heterocycles. The van der Waals surface area contributed by atoms with Crippen molar-refractivity contribution in [3.05, 3.63) is 69.7 Å². The average Bonchev–Trinajstić information content (AvgIpc) is 3.05. The van der Waals surface area contributed by atoms with Crippen molar-refractivity contribution in [3.63, 3.8) is 0 Å².